The second kappa shape index (κ2) is 5.98. The number of likely N-dealkylation sites (tertiary alicyclic amines) is 1. The summed E-state index contributed by atoms with van der Waals surface area (Å²) in [4.78, 5) is 2.45. The van der Waals surface area contributed by atoms with Gasteiger partial charge in [0.2, 0.25) is 0 Å². The van der Waals surface area contributed by atoms with Crippen LogP contribution in [-0.2, 0) is 0 Å². The average Bonchev–Trinajstić information content (AvgIpc) is 2.38. The van der Waals surface area contributed by atoms with Crippen LogP contribution < -0.4 is 10.5 Å². The molecule has 0 radical (unpaired) electrons. The molecule has 94 valence electrons. The molecule has 1 aromatic rings. The number of hydrogen-bond donors (Lipinski definition) is 1. The molecule has 4 nitrogen and oxygen atoms in total. The van der Waals surface area contributed by atoms with Crippen molar-refractivity contribution in [2.75, 3.05) is 26.2 Å². The molecule has 0 bridgehead atoms. The Morgan fingerprint density at radius 2 is 2.12 bits per heavy atom. The van der Waals surface area contributed by atoms with Crippen molar-refractivity contribution in [3.63, 3.8) is 0 Å². The van der Waals surface area contributed by atoms with Crippen LogP contribution in [0.2, 0.25) is 0 Å². The number of rotatable bonds is 4. The fourth-order valence-corrected chi connectivity index (χ4v) is 2.52. The third-order valence-electron chi connectivity index (χ3n) is 3.54. The van der Waals surface area contributed by atoms with E-state index in [0.717, 1.165) is 55.9 Å². The Hall–Kier alpha value is -1.13. The second-order valence-corrected chi connectivity index (χ2v) is 4.71. The van der Waals surface area contributed by atoms with Crippen LogP contribution in [0.3, 0.4) is 0 Å². The van der Waals surface area contributed by atoms with Crippen LogP contribution in [-0.4, -0.2) is 31.1 Å². The summed E-state index contributed by atoms with van der Waals surface area (Å²) in [5.41, 5.74) is 6.43. The first-order valence-corrected chi connectivity index (χ1v) is 6.42. The van der Waals surface area contributed by atoms with Crippen LogP contribution in [0.5, 0.6) is 0 Å². The highest BCUT2D eigenvalue weighted by molar-refractivity contribution is 5.05. The Morgan fingerprint density at radius 1 is 1.35 bits per heavy atom. The zero-order valence-corrected chi connectivity index (χ0v) is 10.2. The van der Waals surface area contributed by atoms with E-state index in [1.165, 1.54) is 0 Å². The average molecular weight is 235 g/mol. The van der Waals surface area contributed by atoms with Crippen molar-refractivity contribution < 1.29 is 4.73 Å². The normalized spacial score (nSPS) is 18.4. The fourth-order valence-electron chi connectivity index (χ4n) is 2.52. The van der Waals surface area contributed by atoms with Gasteiger partial charge >= 0.3 is 0 Å². The number of pyridine rings is 1. The van der Waals surface area contributed by atoms with Gasteiger partial charge in [-0.15, -0.1) is 0 Å². The summed E-state index contributed by atoms with van der Waals surface area (Å²) in [7, 11) is 0. The van der Waals surface area contributed by atoms with Gasteiger partial charge in [0.15, 0.2) is 11.9 Å². The molecule has 1 fully saturated rings. The molecule has 1 saturated heterocycles. The van der Waals surface area contributed by atoms with Crippen molar-refractivity contribution in [1.82, 2.24) is 4.90 Å². The molecule has 17 heavy (non-hydrogen) atoms. The quantitative estimate of drug-likeness (QED) is 0.622. The maximum Gasteiger partial charge on any atom is 0.195 e. The van der Waals surface area contributed by atoms with Crippen molar-refractivity contribution in [3.05, 3.63) is 35.3 Å². The van der Waals surface area contributed by atoms with Crippen LogP contribution in [0, 0.1) is 5.21 Å². The number of aromatic nitrogens is 1. The molecule has 1 aliphatic rings. The number of nitrogens with two attached hydrogens (primary N) is 1. The van der Waals surface area contributed by atoms with Crippen LogP contribution in [0.1, 0.15) is 30.9 Å². The standard InChI is InChI=1S/C13H21N3O/c14-7-3-8-15-10-5-12(6-11-15)13-4-1-2-9-16(13)17/h1-2,4,9,12H,3,5-8,10-11,14H2. The summed E-state index contributed by atoms with van der Waals surface area (Å²) in [6, 6.07) is 5.69. The van der Waals surface area contributed by atoms with Gasteiger partial charge in [0.1, 0.15) is 0 Å². The number of nitrogens with zero attached hydrogens (tertiary/aromatic N) is 2. The van der Waals surface area contributed by atoms with E-state index in [1.54, 1.807) is 12.3 Å². The van der Waals surface area contributed by atoms with E-state index in [4.69, 9.17) is 5.73 Å². The largest absolute Gasteiger partial charge is 0.618 e. The topological polar surface area (TPSA) is 56.2 Å². The van der Waals surface area contributed by atoms with Crippen molar-refractivity contribution in [2.45, 2.75) is 25.2 Å². The summed E-state index contributed by atoms with van der Waals surface area (Å²) >= 11 is 0. The first-order valence-electron chi connectivity index (χ1n) is 6.42. The van der Waals surface area contributed by atoms with Crippen molar-refractivity contribution in [3.8, 4) is 0 Å². The van der Waals surface area contributed by atoms with E-state index in [1.807, 2.05) is 12.1 Å². The lowest BCUT2D eigenvalue weighted by molar-refractivity contribution is -0.616. The van der Waals surface area contributed by atoms with Gasteiger partial charge in [0.05, 0.1) is 0 Å². The summed E-state index contributed by atoms with van der Waals surface area (Å²) < 4.78 is 1.01. The molecule has 0 saturated carbocycles. The Kier molecular flexibility index (Phi) is 4.34. The van der Waals surface area contributed by atoms with E-state index < -0.39 is 0 Å². The van der Waals surface area contributed by atoms with E-state index in [0.29, 0.717) is 5.92 Å². The molecule has 2 N–H and O–H groups in total. The van der Waals surface area contributed by atoms with Gasteiger partial charge in [-0.05, 0) is 45.4 Å². The predicted octanol–water partition coefficient (Wildman–Crippen LogP) is 0.848. The fraction of sp³-hybridized carbons (Fsp3) is 0.615. The van der Waals surface area contributed by atoms with Gasteiger partial charge in [-0.1, -0.05) is 6.07 Å². The minimum atomic E-state index is 0.419. The van der Waals surface area contributed by atoms with E-state index in [2.05, 4.69) is 4.90 Å². The van der Waals surface area contributed by atoms with E-state index in [-0.39, 0.29) is 0 Å². The molecule has 1 aromatic heterocycles. The Labute approximate surface area is 103 Å². The SMILES string of the molecule is NCCCN1CCC(c2cccc[n+]2[O-])CC1. The van der Waals surface area contributed by atoms with Gasteiger partial charge in [-0.3, -0.25) is 0 Å². The van der Waals surface area contributed by atoms with Crippen LogP contribution >= 0.6 is 0 Å². The molecule has 4 heteroatoms. The molecule has 0 aliphatic carbocycles. The van der Waals surface area contributed by atoms with Gasteiger partial charge in [0.25, 0.3) is 0 Å². The number of piperidine rings is 1. The van der Waals surface area contributed by atoms with Crippen LogP contribution in [0.15, 0.2) is 24.4 Å². The number of hydrogen-bond acceptors (Lipinski definition) is 3. The Bertz CT molecular complexity index is 348. The second-order valence-electron chi connectivity index (χ2n) is 4.71. The highest BCUT2D eigenvalue weighted by atomic mass is 16.5. The third-order valence-corrected chi connectivity index (χ3v) is 3.54. The maximum absolute atomic E-state index is 11.7. The van der Waals surface area contributed by atoms with E-state index in [9.17, 15) is 5.21 Å². The molecule has 0 amide bonds. The monoisotopic (exact) mass is 235 g/mol. The third kappa shape index (κ3) is 3.17. The lowest BCUT2D eigenvalue weighted by atomic mass is 9.93. The Morgan fingerprint density at radius 3 is 2.76 bits per heavy atom. The molecule has 0 atom stereocenters. The smallest absolute Gasteiger partial charge is 0.195 e. The zero-order valence-electron chi connectivity index (χ0n) is 10.2. The highest BCUT2D eigenvalue weighted by Crippen LogP contribution is 2.25. The molecule has 2 rings (SSSR count). The molecule has 0 aromatic carbocycles. The predicted molar refractivity (Wildman–Crippen MR) is 67.5 cm³/mol. The zero-order chi connectivity index (χ0) is 12.1. The van der Waals surface area contributed by atoms with Gasteiger partial charge in [0, 0.05) is 18.1 Å². The van der Waals surface area contributed by atoms with E-state index >= 15 is 0 Å². The lowest BCUT2D eigenvalue weighted by Gasteiger charge is -2.30. The van der Waals surface area contributed by atoms with Crippen molar-refractivity contribution in [1.29, 1.82) is 0 Å². The first kappa shape index (κ1) is 12.3. The minimum Gasteiger partial charge on any atom is -0.618 e. The summed E-state index contributed by atoms with van der Waals surface area (Å²) in [5, 5.41) is 11.7. The molecule has 0 unspecified atom stereocenters. The van der Waals surface area contributed by atoms with Gasteiger partial charge in [-0.2, -0.15) is 4.73 Å². The van der Waals surface area contributed by atoms with Crippen LogP contribution in [0.25, 0.3) is 0 Å². The minimum absolute atomic E-state index is 0.419. The van der Waals surface area contributed by atoms with Crippen LogP contribution in [0.4, 0.5) is 0 Å². The van der Waals surface area contributed by atoms with Gasteiger partial charge in [-0.25, -0.2) is 0 Å². The summed E-state index contributed by atoms with van der Waals surface area (Å²) in [5.74, 6) is 0.419. The molecular formula is C13H21N3O. The highest BCUT2D eigenvalue weighted by Gasteiger charge is 2.24. The molecule has 0 spiro atoms. The molecule has 2 heterocycles. The molecular weight excluding hydrogens is 214 g/mol. The summed E-state index contributed by atoms with van der Waals surface area (Å²) in [6.07, 6.45) is 4.82. The Balaban J connectivity index is 1.89. The molecule has 1 aliphatic heterocycles. The van der Waals surface area contributed by atoms with Crippen molar-refractivity contribution in [2.24, 2.45) is 5.73 Å². The van der Waals surface area contributed by atoms with Crippen molar-refractivity contribution >= 4 is 0 Å². The lowest BCUT2D eigenvalue weighted by Crippen LogP contribution is -2.39. The first-order chi connectivity index (χ1) is 8.31. The van der Waals surface area contributed by atoms with Gasteiger partial charge < -0.3 is 15.8 Å². The maximum atomic E-state index is 11.7. The summed E-state index contributed by atoms with van der Waals surface area (Å²) in [6.45, 7) is 4.02.